The van der Waals surface area contributed by atoms with Crippen LogP contribution < -0.4 is 0 Å². The second-order valence-electron chi connectivity index (χ2n) is 2.95. The molecule has 0 N–H and O–H groups in total. The Morgan fingerprint density at radius 3 is 2.42 bits per heavy atom. The van der Waals surface area contributed by atoms with Crippen LogP contribution in [0.15, 0.2) is 12.0 Å². The van der Waals surface area contributed by atoms with Gasteiger partial charge in [0.25, 0.3) is 5.95 Å². The number of allylic oxidation sites excluding steroid dienone is 1. The van der Waals surface area contributed by atoms with E-state index in [1.807, 2.05) is 19.9 Å². The van der Waals surface area contributed by atoms with Crippen molar-refractivity contribution in [2.75, 3.05) is 6.61 Å². The number of ether oxygens (including phenoxy) is 2. The van der Waals surface area contributed by atoms with Gasteiger partial charge in [0.2, 0.25) is 0 Å². The fourth-order valence-corrected chi connectivity index (χ4v) is 0.743. The summed E-state index contributed by atoms with van der Waals surface area (Å²) in [5.74, 6) is 0.675. The van der Waals surface area contributed by atoms with Gasteiger partial charge < -0.3 is 9.47 Å². The molecule has 0 spiro atoms. The summed E-state index contributed by atoms with van der Waals surface area (Å²) in [4.78, 5) is 0. The maximum absolute atomic E-state index is 5.43. The first-order chi connectivity index (χ1) is 5.70. The minimum absolute atomic E-state index is 0.194. The van der Waals surface area contributed by atoms with Gasteiger partial charge in [-0.25, -0.2) is 0 Å². The highest BCUT2D eigenvalue weighted by Crippen LogP contribution is 2.05. The third kappa shape index (κ3) is 6.08. The third-order valence-electron chi connectivity index (χ3n) is 1.17. The standard InChI is InChI=1S/C10H20O2/c1-5-7-10(11-8-6-2)12-9(3)4/h7,9H,5-6,8H2,1-4H3. The Kier molecular flexibility index (Phi) is 6.63. The Morgan fingerprint density at radius 1 is 1.33 bits per heavy atom. The fourth-order valence-electron chi connectivity index (χ4n) is 0.743. The molecule has 0 saturated heterocycles. The second-order valence-corrected chi connectivity index (χ2v) is 2.95. The van der Waals surface area contributed by atoms with Gasteiger partial charge in [-0.05, 0) is 32.8 Å². The van der Waals surface area contributed by atoms with Crippen LogP contribution in [0.25, 0.3) is 0 Å². The van der Waals surface area contributed by atoms with Gasteiger partial charge in [0.15, 0.2) is 0 Å². The summed E-state index contributed by atoms with van der Waals surface area (Å²) in [5.41, 5.74) is 0. The van der Waals surface area contributed by atoms with E-state index in [-0.39, 0.29) is 6.10 Å². The van der Waals surface area contributed by atoms with E-state index >= 15 is 0 Å². The Morgan fingerprint density at radius 2 is 2.00 bits per heavy atom. The molecule has 12 heavy (non-hydrogen) atoms. The van der Waals surface area contributed by atoms with Gasteiger partial charge in [0, 0.05) is 0 Å². The van der Waals surface area contributed by atoms with E-state index in [9.17, 15) is 0 Å². The van der Waals surface area contributed by atoms with Crippen LogP contribution in [0.5, 0.6) is 0 Å². The van der Waals surface area contributed by atoms with E-state index in [4.69, 9.17) is 9.47 Å². The molecule has 0 fully saturated rings. The van der Waals surface area contributed by atoms with E-state index < -0.39 is 0 Å². The molecule has 2 heteroatoms. The molecule has 0 aliphatic heterocycles. The van der Waals surface area contributed by atoms with Crippen LogP contribution in [0.4, 0.5) is 0 Å². The third-order valence-corrected chi connectivity index (χ3v) is 1.17. The van der Waals surface area contributed by atoms with Crippen LogP contribution in [-0.2, 0) is 9.47 Å². The lowest BCUT2D eigenvalue weighted by molar-refractivity contribution is 0.00567. The van der Waals surface area contributed by atoms with E-state index in [2.05, 4.69) is 13.8 Å². The smallest absolute Gasteiger partial charge is 0.275 e. The lowest BCUT2D eigenvalue weighted by Gasteiger charge is -2.13. The molecule has 72 valence electrons. The first-order valence-corrected chi connectivity index (χ1v) is 4.70. The molecule has 0 heterocycles. The van der Waals surface area contributed by atoms with Crippen LogP contribution in [-0.4, -0.2) is 12.7 Å². The van der Waals surface area contributed by atoms with Gasteiger partial charge in [-0.15, -0.1) is 0 Å². The maximum Gasteiger partial charge on any atom is 0.275 e. The van der Waals surface area contributed by atoms with Crippen LogP contribution >= 0.6 is 0 Å². The monoisotopic (exact) mass is 172 g/mol. The Bertz CT molecular complexity index is 128. The summed E-state index contributed by atoms with van der Waals surface area (Å²) in [5, 5.41) is 0. The van der Waals surface area contributed by atoms with Crippen molar-refractivity contribution in [1.82, 2.24) is 0 Å². The SMILES string of the molecule is CCC=C(OCCC)OC(C)C. The minimum Gasteiger partial charge on any atom is -0.466 e. The molecule has 0 aromatic rings. The van der Waals surface area contributed by atoms with Crippen molar-refractivity contribution in [3.8, 4) is 0 Å². The lowest BCUT2D eigenvalue weighted by Crippen LogP contribution is -2.06. The molecule has 0 saturated carbocycles. The Hall–Kier alpha value is -0.660. The van der Waals surface area contributed by atoms with Gasteiger partial charge in [0.1, 0.15) is 0 Å². The first-order valence-electron chi connectivity index (χ1n) is 4.70. The van der Waals surface area contributed by atoms with Crippen LogP contribution in [0.1, 0.15) is 40.5 Å². The first kappa shape index (κ1) is 11.3. The topological polar surface area (TPSA) is 18.5 Å². The number of hydrogen-bond donors (Lipinski definition) is 0. The molecular weight excluding hydrogens is 152 g/mol. The van der Waals surface area contributed by atoms with Gasteiger partial charge in [-0.1, -0.05) is 13.8 Å². The Balaban J connectivity index is 3.78. The summed E-state index contributed by atoms with van der Waals surface area (Å²) >= 11 is 0. The van der Waals surface area contributed by atoms with E-state index in [1.54, 1.807) is 0 Å². The normalized spacial score (nSPS) is 11.9. The highest BCUT2D eigenvalue weighted by Gasteiger charge is 2.00. The molecule has 0 bridgehead atoms. The molecule has 0 aromatic heterocycles. The number of rotatable bonds is 6. The lowest BCUT2D eigenvalue weighted by atomic mass is 10.4. The average Bonchev–Trinajstić information content (AvgIpc) is 2.00. The quantitative estimate of drug-likeness (QED) is 0.573. The predicted octanol–water partition coefficient (Wildman–Crippen LogP) is 3.09. The molecular formula is C10H20O2. The van der Waals surface area contributed by atoms with Crippen molar-refractivity contribution >= 4 is 0 Å². The van der Waals surface area contributed by atoms with Crippen molar-refractivity contribution < 1.29 is 9.47 Å². The molecule has 0 rings (SSSR count). The molecule has 0 radical (unpaired) electrons. The fraction of sp³-hybridized carbons (Fsp3) is 0.800. The van der Waals surface area contributed by atoms with Crippen LogP contribution in [0.2, 0.25) is 0 Å². The van der Waals surface area contributed by atoms with Crippen molar-refractivity contribution in [3.63, 3.8) is 0 Å². The molecule has 2 nitrogen and oxygen atoms in total. The van der Waals surface area contributed by atoms with Gasteiger partial charge in [-0.2, -0.15) is 0 Å². The largest absolute Gasteiger partial charge is 0.466 e. The maximum atomic E-state index is 5.43. The molecule has 0 atom stereocenters. The zero-order valence-electron chi connectivity index (χ0n) is 8.59. The Labute approximate surface area is 75.6 Å². The van der Waals surface area contributed by atoms with Crippen molar-refractivity contribution in [3.05, 3.63) is 12.0 Å². The zero-order chi connectivity index (χ0) is 9.40. The van der Waals surface area contributed by atoms with E-state index in [0.717, 1.165) is 19.4 Å². The molecule has 0 aliphatic rings. The summed E-state index contributed by atoms with van der Waals surface area (Å²) in [6.07, 6.45) is 4.13. The molecule has 0 aromatic carbocycles. The molecule has 0 unspecified atom stereocenters. The average molecular weight is 172 g/mol. The second kappa shape index (κ2) is 7.01. The van der Waals surface area contributed by atoms with Crippen LogP contribution in [0.3, 0.4) is 0 Å². The highest BCUT2D eigenvalue weighted by atomic mass is 16.7. The van der Waals surface area contributed by atoms with E-state index in [1.165, 1.54) is 0 Å². The predicted molar refractivity (Wildman–Crippen MR) is 50.8 cm³/mol. The number of hydrogen-bond acceptors (Lipinski definition) is 2. The van der Waals surface area contributed by atoms with Gasteiger partial charge in [0.05, 0.1) is 12.7 Å². The summed E-state index contributed by atoms with van der Waals surface area (Å²) in [6, 6.07) is 0. The minimum atomic E-state index is 0.194. The summed E-state index contributed by atoms with van der Waals surface area (Å²) < 4.78 is 10.8. The summed E-state index contributed by atoms with van der Waals surface area (Å²) in [6.45, 7) is 8.88. The molecule has 0 aliphatic carbocycles. The van der Waals surface area contributed by atoms with Gasteiger partial charge in [-0.3, -0.25) is 0 Å². The summed E-state index contributed by atoms with van der Waals surface area (Å²) in [7, 11) is 0. The van der Waals surface area contributed by atoms with Crippen LogP contribution in [0, 0.1) is 0 Å². The van der Waals surface area contributed by atoms with Crippen molar-refractivity contribution in [1.29, 1.82) is 0 Å². The van der Waals surface area contributed by atoms with E-state index in [0.29, 0.717) is 5.95 Å². The van der Waals surface area contributed by atoms with Crippen molar-refractivity contribution in [2.24, 2.45) is 0 Å². The molecule has 0 amide bonds. The highest BCUT2D eigenvalue weighted by molar-refractivity contribution is 4.83. The van der Waals surface area contributed by atoms with Crippen molar-refractivity contribution in [2.45, 2.75) is 46.6 Å². The van der Waals surface area contributed by atoms with Gasteiger partial charge >= 0.3 is 0 Å². The zero-order valence-corrected chi connectivity index (χ0v) is 8.59.